The van der Waals surface area contributed by atoms with Gasteiger partial charge in [-0.2, -0.15) is 0 Å². The zero-order chi connectivity index (χ0) is 14.2. The molecule has 0 radical (unpaired) electrons. The van der Waals surface area contributed by atoms with Crippen molar-refractivity contribution in [1.29, 1.82) is 0 Å². The fourth-order valence-electron chi connectivity index (χ4n) is 4.13. The molecule has 3 saturated heterocycles. The van der Waals surface area contributed by atoms with Gasteiger partial charge in [0.05, 0.1) is 18.0 Å². The molecule has 0 aromatic heterocycles. The first-order chi connectivity index (χ1) is 10.3. The monoisotopic (exact) mass is 305 g/mol. The molecule has 114 valence electrons. The van der Waals surface area contributed by atoms with Crippen molar-refractivity contribution >= 4 is 11.8 Å². The van der Waals surface area contributed by atoms with Crippen molar-refractivity contribution in [2.24, 2.45) is 0 Å². The van der Waals surface area contributed by atoms with E-state index in [0.29, 0.717) is 0 Å². The number of hydrogen-bond acceptors (Lipinski definition) is 4. The lowest BCUT2D eigenvalue weighted by Crippen LogP contribution is -2.65. The van der Waals surface area contributed by atoms with Gasteiger partial charge in [-0.3, -0.25) is 4.90 Å². The standard InChI is InChI=1S/C17H23NO2S/c1-2-7-15(8-3-1)21-16-9-4-5-11-18(12-6-10-16)17(16)19-13-14-20-17/h1-3,7-8H,4-6,9-14H2/t16-/m1/s1. The van der Waals surface area contributed by atoms with E-state index in [1.54, 1.807) is 0 Å². The summed E-state index contributed by atoms with van der Waals surface area (Å²) in [5.74, 6) is -0.484. The Bertz CT molecular complexity index is 489. The van der Waals surface area contributed by atoms with Crippen LogP contribution in [0.3, 0.4) is 0 Å². The van der Waals surface area contributed by atoms with Crippen molar-refractivity contribution in [2.75, 3.05) is 26.3 Å². The first kappa shape index (κ1) is 14.1. The van der Waals surface area contributed by atoms with Gasteiger partial charge in [0.1, 0.15) is 0 Å². The lowest BCUT2D eigenvalue weighted by Gasteiger charge is -2.53. The summed E-state index contributed by atoms with van der Waals surface area (Å²) >= 11 is 1.98. The fraction of sp³-hybridized carbons (Fsp3) is 0.647. The van der Waals surface area contributed by atoms with E-state index in [1.807, 2.05) is 11.8 Å². The Morgan fingerprint density at radius 3 is 2.43 bits per heavy atom. The number of nitrogens with zero attached hydrogens (tertiary/aromatic N) is 1. The molecule has 3 aliphatic heterocycles. The normalized spacial score (nSPS) is 34.8. The van der Waals surface area contributed by atoms with E-state index in [-0.39, 0.29) is 4.75 Å². The van der Waals surface area contributed by atoms with Crippen LogP contribution in [0.1, 0.15) is 32.1 Å². The lowest BCUT2D eigenvalue weighted by atomic mass is 9.89. The van der Waals surface area contributed by atoms with Crippen LogP contribution < -0.4 is 0 Å². The van der Waals surface area contributed by atoms with E-state index in [0.717, 1.165) is 26.3 Å². The minimum absolute atomic E-state index is 0.0413. The quantitative estimate of drug-likeness (QED) is 0.833. The average molecular weight is 305 g/mol. The molecule has 4 heteroatoms. The van der Waals surface area contributed by atoms with Crippen LogP contribution in [0.25, 0.3) is 0 Å². The second kappa shape index (κ2) is 5.58. The largest absolute Gasteiger partial charge is 0.334 e. The molecule has 3 nitrogen and oxygen atoms in total. The number of hydrogen-bond donors (Lipinski definition) is 0. The van der Waals surface area contributed by atoms with Crippen molar-refractivity contribution in [3.8, 4) is 0 Å². The zero-order valence-corrected chi connectivity index (χ0v) is 13.2. The molecule has 3 aliphatic rings. The summed E-state index contributed by atoms with van der Waals surface area (Å²) in [6.07, 6.45) is 6.14. The van der Waals surface area contributed by atoms with Crippen molar-refractivity contribution in [1.82, 2.24) is 4.90 Å². The molecule has 21 heavy (non-hydrogen) atoms. The predicted octanol–water partition coefficient (Wildman–Crippen LogP) is 3.50. The maximum atomic E-state index is 6.29. The highest BCUT2D eigenvalue weighted by atomic mass is 32.2. The lowest BCUT2D eigenvalue weighted by molar-refractivity contribution is -0.287. The molecule has 0 amide bonds. The van der Waals surface area contributed by atoms with Gasteiger partial charge < -0.3 is 9.47 Å². The van der Waals surface area contributed by atoms with E-state index in [2.05, 4.69) is 35.2 Å². The molecular formula is C17H23NO2S. The van der Waals surface area contributed by atoms with Gasteiger partial charge in [0.15, 0.2) is 0 Å². The van der Waals surface area contributed by atoms with Crippen LogP contribution in [0, 0.1) is 0 Å². The molecule has 1 unspecified atom stereocenters. The van der Waals surface area contributed by atoms with E-state index < -0.39 is 5.91 Å². The third-order valence-electron chi connectivity index (χ3n) is 4.99. The van der Waals surface area contributed by atoms with E-state index in [9.17, 15) is 0 Å². The third kappa shape index (κ3) is 2.24. The highest BCUT2D eigenvalue weighted by molar-refractivity contribution is 8.00. The Morgan fingerprint density at radius 1 is 0.905 bits per heavy atom. The molecule has 1 aromatic carbocycles. The van der Waals surface area contributed by atoms with Gasteiger partial charge >= 0.3 is 0 Å². The first-order valence-corrected chi connectivity index (χ1v) is 8.93. The fourth-order valence-corrected chi connectivity index (χ4v) is 5.75. The minimum Gasteiger partial charge on any atom is -0.334 e. The second-order valence-corrected chi connectivity index (χ2v) is 7.69. The van der Waals surface area contributed by atoms with Crippen molar-refractivity contribution in [3.63, 3.8) is 0 Å². The number of benzene rings is 1. The summed E-state index contributed by atoms with van der Waals surface area (Å²) in [5.41, 5.74) is 0. The molecule has 2 atom stereocenters. The van der Waals surface area contributed by atoms with Crippen LogP contribution in [0.5, 0.6) is 0 Å². The van der Waals surface area contributed by atoms with Gasteiger partial charge in [0, 0.05) is 18.0 Å². The highest BCUT2D eigenvalue weighted by Crippen LogP contribution is 2.56. The third-order valence-corrected chi connectivity index (χ3v) is 6.56. The molecule has 2 bridgehead atoms. The van der Waals surface area contributed by atoms with Crippen LogP contribution >= 0.6 is 11.8 Å². The predicted molar refractivity (Wildman–Crippen MR) is 84.3 cm³/mol. The topological polar surface area (TPSA) is 21.7 Å². The first-order valence-electron chi connectivity index (χ1n) is 8.12. The summed E-state index contributed by atoms with van der Waals surface area (Å²) in [6.45, 7) is 3.68. The van der Waals surface area contributed by atoms with Crippen LogP contribution in [-0.2, 0) is 9.47 Å². The van der Waals surface area contributed by atoms with Gasteiger partial charge in [-0.25, -0.2) is 0 Å². The molecular weight excluding hydrogens is 282 g/mol. The highest BCUT2D eigenvalue weighted by Gasteiger charge is 2.62. The minimum atomic E-state index is -0.484. The zero-order valence-electron chi connectivity index (χ0n) is 12.4. The Balaban J connectivity index is 1.74. The van der Waals surface area contributed by atoms with Crippen LogP contribution in [-0.4, -0.2) is 41.9 Å². The average Bonchev–Trinajstić information content (AvgIpc) is 2.97. The Hall–Kier alpha value is -0.550. The van der Waals surface area contributed by atoms with E-state index in [1.165, 1.54) is 37.0 Å². The SMILES string of the molecule is c1ccc(S[C@]23CCCCN(CCC2)C32OCCO2)cc1. The van der Waals surface area contributed by atoms with Gasteiger partial charge in [-0.05, 0) is 37.8 Å². The van der Waals surface area contributed by atoms with Crippen molar-refractivity contribution in [3.05, 3.63) is 30.3 Å². The van der Waals surface area contributed by atoms with Crippen LogP contribution in [0.15, 0.2) is 35.2 Å². The molecule has 1 aromatic rings. The van der Waals surface area contributed by atoms with Gasteiger partial charge in [-0.1, -0.05) is 24.6 Å². The molecule has 3 fully saturated rings. The Labute approximate surface area is 131 Å². The summed E-state index contributed by atoms with van der Waals surface area (Å²) < 4.78 is 12.6. The summed E-state index contributed by atoms with van der Waals surface area (Å²) in [4.78, 5) is 3.81. The number of rotatable bonds is 2. The second-order valence-electron chi connectivity index (χ2n) is 6.24. The molecule has 4 rings (SSSR count). The Kier molecular flexibility index (Phi) is 3.74. The molecule has 0 aliphatic carbocycles. The van der Waals surface area contributed by atoms with Crippen molar-refractivity contribution < 1.29 is 9.47 Å². The van der Waals surface area contributed by atoms with Crippen LogP contribution in [0.4, 0.5) is 0 Å². The molecule has 0 N–H and O–H groups in total. The molecule has 1 spiro atoms. The number of thioether (sulfide) groups is 1. The van der Waals surface area contributed by atoms with Gasteiger partial charge in [0.2, 0.25) is 5.91 Å². The molecule has 3 heterocycles. The summed E-state index contributed by atoms with van der Waals surface area (Å²) in [6, 6.07) is 10.8. The smallest absolute Gasteiger partial charge is 0.245 e. The van der Waals surface area contributed by atoms with Gasteiger partial charge in [0.25, 0.3) is 0 Å². The maximum Gasteiger partial charge on any atom is 0.245 e. The maximum absolute atomic E-state index is 6.29. The Morgan fingerprint density at radius 2 is 1.62 bits per heavy atom. The van der Waals surface area contributed by atoms with Crippen LogP contribution in [0.2, 0.25) is 0 Å². The van der Waals surface area contributed by atoms with E-state index >= 15 is 0 Å². The van der Waals surface area contributed by atoms with Gasteiger partial charge in [-0.15, -0.1) is 11.8 Å². The number of piperidine rings is 1. The van der Waals surface area contributed by atoms with Crippen molar-refractivity contribution in [2.45, 2.75) is 47.7 Å². The summed E-state index contributed by atoms with van der Waals surface area (Å²) in [7, 11) is 0. The number of ether oxygens (including phenoxy) is 2. The van der Waals surface area contributed by atoms with E-state index in [4.69, 9.17) is 9.47 Å². The summed E-state index contributed by atoms with van der Waals surface area (Å²) in [5, 5.41) is 0. The molecule has 0 saturated carbocycles.